The second kappa shape index (κ2) is 10.6. The van der Waals surface area contributed by atoms with E-state index < -0.39 is 0 Å². The van der Waals surface area contributed by atoms with Crippen LogP contribution >= 0.6 is 46.7 Å². The van der Waals surface area contributed by atoms with Gasteiger partial charge in [-0.2, -0.15) is 0 Å². The van der Waals surface area contributed by atoms with Crippen molar-refractivity contribution in [2.45, 2.75) is 44.5 Å². The van der Waals surface area contributed by atoms with Crippen LogP contribution in [0.25, 0.3) is 0 Å². The molecule has 4 aromatic rings. The van der Waals surface area contributed by atoms with Crippen molar-refractivity contribution in [3.63, 3.8) is 0 Å². The molecule has 0 saturated carbocycles. The van der Waals surface area contributed by atoms with E-state index in [1.165, 1.54) is 41.8 Å². The summed E-state index contributed by atoms with van der Waals surface area (Å²) in [5, 5.41) is 1.64. The van der Waals surface area contributed by atoms with E-state index in [2.05, 4.69) is 82.6 Å². The molecule has 0 N–H and O–H groups in total. The van der Waals surface area contributed by atoms with Gasteiger partial charge in [0.1, 0.15) is 0 Å². The Bertz CT molecular complexity index is 1390. The molecule has 0 unspecified atom stereocenters. The third kappa shape index (κ3) is 4.81. The lowest BCUT2D eigenvalue weighted by Gasteiger charge is -2.43. The zero-order valence-corrected chi connectivity index (χ0v) is 24.1. The first-order valence-electron chi connectivity index (χ1n) is 13.2. The van der Waals surface area contributed by atoms with Crippen LogP contribution in [-0.2, 0) is 12.8 Å². The number of hydrogen-bond donors (Lipinski definition) is 0. The van der Waals surface area contributed by atoms with Crippen LogP contribution in [0.15, 0.2) is 105 Å². The van der Waals surface area contributed by atoms with Crippen molar-refractivity contribution in [3.05, 3.63) is 117 Å². The highest BCUT2D eigenvalue weighted by Gasteiger charge is 2.34. The van der Waals surface area contributed by atoms with E-state index in [-0.39, 0.29) is 0 Å². The summed E-state index contributed by atoms with van der Waals surface area (Å²) >= 11 is 16.8. The Balaban J connectivity index is 1.18. The molecule has 0 spiro atoms. The predicted octanol–water partition coefficient (Wildman–Crippen LogP) is 8.81. The SMILES string of the molecule is Clc1ccc2c(c1)[C@@H](N1CCN([C@H]3Cc4ccccc4Sc4ccc(Cl)cc43)CC1)Cc1ccccc1S2. The molecular formula is C32H28Cl2N2S2. The summed E-state index contributed by atoms with van der Waals surface area (Å²) < 4.78 is 0. The number of benzene rings is 4. The molecule has 192 valence electrons. The molecule has 3 aliphatic heterocycles. The van der Waals surface area contributed by atoms with Gasteiger partial charge >= 0.3 is 0 Å². The smallest absolute Gasteiger partial charge is 0.0410 e. The molecular weight excluding hydrogens is 547 g/mol. The lowest BCUT2D eigenvalue weighted by Crippen LogP contribution is -2.49. The molecule has 4 aromatic carbocycles. The Morgan fingerprint density at radius 1 is 0.526 bits per heavy atom. The molecule has 7 rings (SSSR count). The first-order valence-corrected chi connectivity index (χ1v) is 15.6. The maximum absolute atomic E-state index is 6.54. The standard InChI is InChI=1S/C32H28Cl2N2S2/c33-23-9-11-31-25(19-23)27(17-21-5-1-3-7-29(21)37-31)35-13-15-36(16-14-35)28-18-22-6-2-4-8-30(22)38-32-12-10-24(34)20-26(28)32/h1-12,19-20,27-28H,13-18H2/t27-,28-/m0/s1. The maximum Gasteiger partial charge on any atom is 0.0410 e. The molecule has 0 aromatic heterocycles. The fraction of sp³-hybridized carbons (Fsp3) is 0.250. The first-order chi connectivity index (χ1) is 18.6. The average molecular weight is 576 g/mol. The molecule has 0 radical (unpaired) electrons. The number of fused-ring (bicyclic) bond motifs is 4. The summed E-state index contributed by atoms with van der Waals surface area (Å²) in [5.41, 5.74) is 5.59. The van der Waals surface area contributed by atoms with Crippen molar-refractivity contribution in [3.8, 4) is 0 Å². The van der Waals surface area contributed by atoms with E-state index in [4.69, 9.17) is 23.2 Å². The van der Waals surface area contributed by atoms with Crippen LogP contribution < -0.4 is 0 Å². The number of rotatable bonds is 2. The minimum atomic E-state index is 0.328. The zero-order valence-electron chi connectivity index (χ0n) is 20.9. The van der Waals surface area contributed by atoms with Crippen molar-refractivity contribution >= 4 is 46.7 Å². The van der Waals surface area contributed by atoms with Crippen LogP contribution in [0.1, 0.15) is 34.3 Å². The predicted molar refractivity (Wildman–Crippen MR) is 160 cm³/mol. The summed E-state index contributed by atoms with van der Waals surface area (Å²) in [4.78, 5) is 10.8. The Labute approximate surface area is 243 Å². The lowest BCUT2D eigenvalue weighted by molar-refractivity contribution is 0.0662. The normalized spacial score (nSPS) is 21.4. The van der Waals surface area contributed by atoms with Crippen molar-refractivity contribution in [1.82, 2.24) is 9.80 Å². The van der Waals surface area contributed by atoms with Gasteiger partial charge in [-0.3, -0.25) is 9.80 Å². The minimum Gasteiger partial charge on any atom is -0.293 e. The number of piperazine rings is 1. The number of hydrogen-bond acceptors (Lipinski definition) is 4. The van der Waals surface area contributed by atoms with Crippen molar-refractivity contribution in [2.75, 3.05) is 26.2 Å². The minimum absolute atomic E-state index is 0.328. The highest BCUT2D eigenvalue weighted by atomic mass is 35.5. The van der Waals surface area contributed by atoms with Gasteiger partial charge in [0.05, 0.1) is 0 Å². The van der Waals surface area contributed by atoms with Crippen LogP contribution in [0.3, 0.4) is 0 Å². The Hall–Kier alpha value is -1.92. The van der Waals surface area contributed by atoms with E-state index in [9.17, 15) is 0 Å². The molecule has 0 aliphatic carbocycles. The van der Waals surface area contributed by atoms with Crippen molar-refractivity contribution < 1.29 is 0 Å². The first kappa shape index (κ1) is 25.1. The van der Waals surface area contributed by atoms with Gasteiger partial charge in [-0.05, 0) is 83.6 Å². The largest absolute Gasteiger partial charge is 0.293 e. The quantitative estimate of drug-likeness (QED) is 0.236. The molecule has 2 nitrogen and oxygen atoms in total. The van der Waals surface area contributed by atoms with Gasteiger partial charge in [0, 0.05) is 67.9 Å². The fourth-order valence-corrected chi connectivity index (χ4v) is 8.77. The molecule has 6 heteroatoms. The summed E-state index contributed by atoms with van der Waals surface area (Å²) in [6.45, 7) is 4.13. The van der Waals surface area contributed by atoms with Crippen LogP contribution in [0.4, 0.5) is 0 Å². The summed E-state index contributed by atoms with van der Waals surface area (Å²) in [5.74, 6) is 0. The van der Waals surface area contributed by atoms with E-state index in [0.717, 1.165) is 49.1 Å². The molecule has 0 amide bonds. The van der Waals surface area contributed by atoms with Crippen molar-refractivity contribution in [1.29, 1.82) is 0 Å². The van der Waals surface area contributed by atoms with Gasteiger partial charge in [-0.1, -0.05) is 83.1 Å². The van der Waals surface area contributed by atoms with Crippen LogP contribution in [0.2, 0.25) is 10.0 Å². The third-order valence-corrected chi connectivity index (χ3v) is 11.0. The number of nitrogens with zero attached hydrogens (tertiary/aromatic N) is 2. The molecule has 1 fully saturated rings. The van der Waals surface area contributed by atoms with E-state index in [1.54, 1.807) is 0 Å². The molecule has 0 bridgehead atoms. The highest BCUT2D eigenvalue weighted by Crippen LogP contribution is 2.46. The van der Waals surface area contributed by atoms with Crippen molar-refractivity contribution in [2.24, 2.45) is 0 Å². The Kier molecular flexibility index (Phi) is 6.98. The van der Waals surface area contributed by atoms with Gasteiger partial charge in [0.15, 0.2) is 0 Å². The van der Waals surface area contributed by atoms with Crippen LogP contribution in [-0.4, -0.2) is 36.0 Å². The zero-order chi connectivity index (χ0) is 25.6. The highest BCUT2D eigenvalue weighted by molar-refractivity contribution is 7.99. The third-order valence-electron chi connectivity index (χ3n) is 8.10. The van der Waals surface area contributed by atoms with Gasteiger partial charge in [0.25, 0.3) is 0 Å². The van der Waals surface area contributed by atoms with Crippen LogP contribution in [0.5, 0.6) is 0 Å². The molecule has 2 atom stereocenters. The molecule has 3 heterocycles. The second-order valence-electron chi connectivity index (χ2n) is 10.3. The Morgan fingerprint density at radius 3 is 1.39 bits per heavy atom. The Morgan fingerprint density at radius 2 is 0.947 bits per heavy atom. The topological polar surface area (TPSA) is 6.48 Å². The molecule has 38 heavy (non-hydrogen) atoms. The average Bonchev–Trinajstić information content (AvgIpc) is 3.21. The van der Waals surface area contributed by atoms with Crippen LogP contribution in [0, 0.1) is 0 Å². The summed E-state index contributed by atoms with van der Waals surface area (Å²) in [6, 6.07) is 31.2. The van der Waals surface area contributed by atoms with Gasteiger partial charge < -0.3 is 0 Å². The monoisotopic (exact) mass is 574 g/mol. The van der Waals surface area contributed by atoms with E-state index >= 15 is 0 Å². The van der Waals surface area contributed by atoms with Gasteiger partial charge in [0.2, 0.25) is 0 Å². The van der Waals surface area contributed by atoms with E-state index in [0.29, 0.717) is 12.1 Å². The molecule has 3 aliphatic rings. The van der Waals surface area contributed by atoms with E-state index in [1.807, 2.05) is 35.7 Å². The summed E-state index contributed by atoms with van der Waals surface area (Å²) in [6.07, 6.45) is 2.03. The fourth-order valence-electron chi connectivity index (χ4n) is 6.18. The summed E-state index contributed by atoms with van der Waals surface area (Å²) in [7, 11) is 0. The lowest BCUT2D eigenvalue weighted by atomic mass is 9.95. The number of halogens is 2. The van der Waals surface area contributed by atoms with Gasteiger partial charge in [-0.15, -0.1) is 0 Å². The maximum atomic E-state index is 6.54. The molecule has 1 saturated heterocycles. The second-order valence-corrected chi connectivity index (χ2v) is 13.3. The van der Waals surface area contributed by atoms with Gasteiger partial charge in [-0.25, -0.2) is 0 Å².